The van der Waals surface area contributed by atoms with Gasteiger partial charge in [-0.25, -0.2) is 0 Å². The number of aromatic nitrogens is 2. The lowest BCUT2D eigenvalue weighted by Gasteiger charge is -2.22. The van der Waals surface area contributed by atoms with Crippen LogP contribution in [0.2, 0.25) is 5.02 Å². The molecular weight excluding hydrogens is 334 g/mol. The smallest absolute Gasteiger partial charge is 0.277 e. The van der Waals surface area contributed by atoms with E-state index in [0.29, 0.717) is 27.7 Å². The van der Waals surface area contributed by atoms with Crippen molar-refractivity contribution in [1.82, 2.24) is 15.5 Å². The minimum absolute atomic E-state index is 0.0133. The van der Waals surface area contributed by atoms with E-state index < -0.39 is 0 Å². The maximum absolute atomic E-state index is 12.0. The third-order valence-corrected chi connectivity index (χ3v) is 4.96. The van der Waals surface area contributed by atoms with Crippen molar-refractivity contribution in [2.24, 2.45) is 0 Å². The predicted octanol–water partition coefficient (Wildman–Crippen LogP) is 3.93. The SMILES string of the molecule is O=C(CSc1nnc(-c2ccccc2Cl)o1)NC1CCCCC1. The molecule has 0 unspecified atom stereocenters. The molecule has 1 aromatic carbocycles. The minimum Gasteiger partial charge on any atom is -0.411 e. The lowest BCUT2D eigenvalue weighted by atomic mass is 9.95. The van der Waals surface area contributed by atoms with E-state index >= 15 is 0 Å². The van der Waals surface area contributed by atoms with Crippen LogP contribution in [-0.4, -0.2) is 27.9 Å². The third-order valence-electron chi connectivity index (χ3n) is 3.81. The van der Waals surface area contributed by atoms with Gasteiger partial charge < -0.3 is 9.73 Å². The summed E-state index contributed by atoms with van der Waals surface area (Å²) in [6.07, 6.45) is 5.82. The zero-order valence-electron chi connectivity index (χ0n) is 12.6. The largest absolute Gasteiger partial charge is 0.411 e. The van der Waals surface area contributed by atoms with Crippen LogP contribution in [0.15, 0.2) is 33.9 Å². The van der Waals surface area contributed by atoms with Crippen molar-refractivity contribution < 1.29 is 9.21 Å². The molecule has 0 atom stereocenters. The second kappa shape index (κ2) is 7.84. The van der Waals surface area contributed by atoms with E-state index in [1.165, 1.54) is 31.0 Å². The summed E-state index contributed by atoms with van der Waals surface area (Å²) in [6.45, 7) is 0. The molecule has 1 N–H and O–H groups in total. The molecule has 1 aliphatic carbocycles. The molecule has 0 bridgehead atoms. The van der Waals surface area contributed by atoms with Crippen molar-refractivity contribution in [3.05, 3.63) is 29.3 Å². The minimum atomic E-state index is 0.0133. The number of thioether (sulfide) groups is 1. The number of carbonyl (C=O) groups excluding carboxylic acids is 1. The van der Waals surface area contributed by atoms with Crippen LogP contribution < -0.4 is 5.32 Å². The molecule has 122 valence electrons. The quantitative estimate of drug-likeness (QED) is 0.826. The first-order valence-electron chi connectivity index (χ1n) is 7.73. The lowest BCUT2D eigenvalue weighted by molar-refractivity contribution is -0.119. The Balaban J connectivity index is 1.53. The molecule has 1 saturated carbocycles. The van der Waals surface area contributed by atoms with Crippen molar-refractivity contribution in [3.8, 4) is 11.5 Å². The molecule has 1 amide bonds. The number of halogens is 1. The van der Waals surface area contributed by atoms with Crippen LogP contribution in [0.4, 0.5) is 0 Å². The highest BCUT2D eigenvalue weighted by Gasteiger charge is 2.17. The van der Waals surface area contributed by atoms with Crippen molar-refractivity contribution in [2.75, 3.05) is 5.75 Å². The number of benzene rings is 1. The molecule has 1 heterocycles. The molecule has 1 aliphatic rings. The Morgan fingerprint density at radius 1 is 1.26 bits per heavy atom. The van der Waals surface area contributed by atoms with Crippen molar-refractivity contribution in [3.63, 3.8) is 0 Å². The maximum atomic E-state index is 12.0. The number of hydrogen-bond acceptors (Lipinski definition) is 5. The summed E-state index contributed by atoms with van der Waals surface area (Å²) >= 11 is 7.35. The van der Waals surface area contributed by atoms with Crippen LogP contribution in [0.1, 0.15) is 32.1 Å². The van der Waals surface area contributed by atoms with E-state index in [1.807, 2.05) is 18.2 Å². The van der Waals surface area contributed by atoms with Crippen molar-refractivity contribution >= 4 is 29.3 Å². The summed E-state index contributed by atoms with van der Waals surface area (Å²) in [5.41, 5.74) is 0.695. The number of amides is 1. The Morgan fingerprint density at radius 3 is 2.83 bits per heavy atom. The van der Waals surface area contributed by atoms with Gasteiger partial charge in [-0.3, -0.25) is 4.79 Å². The highest BCUT2D eigenvalue weighted by atomic mass is 35.5. The molecule has 1 fully saturated rings. The van der Waals surface area contributed by atoms with Crippen molar-refractivity contribution in [2.45, 2.75) is 43.4 Å². The number of nitrogens with zero attached hydrogens (tertiary/aromatic N) is 2. The van der Waals surface area contributed by atoms with E-state index in [1.54, 1.807) is 6.07 Å². The van der Waals surface area contributed by atoms with E-state index in [0.717, 1.165) is 12.8 Å². The van der Waals surface area contributed by atoms with Gasteiger partial charge in [0, 0.05) is 6.04 Å². The van der Waals surface area contributed by atoms with Gasteiger partial charge in [-0.05, 0) is 25.0 Å². The normalized spacial score (nSPS) is 15.5. The molecule has 0 aliphatic heterocycles. The molecule has 1 aromatic heterocycles. The Hall–Kier alpha value is -1.53. The van der Waals surface area contributed by atoms with Gasteiger partial charge in [-0.2, -0.15) is 0 Å². The summed E-state index contributed by atoms with van der Waals surface area (Å²) in [5.74, 6) is 0.658. The first kappa shape index (κ1) is 16.3. The number of nitrogens with one attached hydrogen (secondary N) is 1. The van der Waals surface area contributed by atoms with Crippen LogP contribution in [0.3, 0.4) is 0 Å². The Bertz CT molecular complexity index is 671. The first-order chi connectivity index (χ1) is 11.2. The molecular formula is C16H18ClN3O2S. The van der Waals surface area contributed by atoms with Gasteiger partial charge in [0.25, 0.3) is 5.22 Å². The number of rotatable bonds is 5. The monoisotopic (exact) mass is 351 g/mol. The zero-order chi connectivity index (χ0) is 16.1. The molecule has 0 radical (unpaired) electrons. The standard InChI is InChI=1S/C16H18ClN3O2S/c17-13-9-5-4-8-12(13)15-19-20-16(22-15)23-10-14(21)18-11-6-2-1-3-7-11/h4-5,8-9,11H,1-3,6-7,10H2,(H,18,21). The number of carbonyl (C=O) groups is 1. The van der Waals surface area contributed by atoms with Gasteiger partial charge in [0.2, 0.25) is 11.8 Å². The predicted molar refractivity (Wildman–Crippen MR) is 90.5 cm³/mol. The fourth-order valence-corrected chi connectivity index (χ4v) is 3.45. The van der Waals surface area contributed by atoms with Crippen LogP contribution in [0.5, 0.6) is 0 Å². The summed E-state index contributed by atoms with van der Waals surface area (Å²) < 4.78 is 5.57. The highest BCUT2D eigenvalue weighted by Crippen LogP contribution is 2.28. The second-order valence-corrected chi connectivity index (χ2v) is 6.88. The molecule has 0 saturated heterocycles. The van der Waals surface area contributed by atoms with Gasteiger partial charge in [-0.1, -0.05) is 54.8 Å². The fraction of sp³-hybridized carbons (Fsp3) is 0.438. The second-order valence-electron chi connectivity index (χ2n) is 5.54. The Kier molecular flexibility index (Phi) is 5.56. The molecule has 23 heavy (non-hydrogen) atoms. The lowest BCUT2D eigenvalue weighted by Crippen LogP contribution is -2.37. The Labute approximate surface area is 144 Å². The van der Waals surface area contributed by atoms with E-state index in [-0.39, 0.29) is 11.7 Å². The maximum Gasteiger partial charge on any atom is 0.277 e. The molecule has 7 heteroatoms. The summed E-state index contributed by atoms with van der Waals surface area (Å²) in [5, 5.41) is 11.9. The van der Waals surface area contributed by atoms with E-state index in [9.17, 15) is 4.79 Å². The topological polar surface area (TPSA) is 68.0 Å². The van der Waals surface area contributed by atoms with Crippen LogP contribution in [-0.2, 0) is 4.79 Å². The average molecular weight is 352 g/mol. The summed E-state index contributed by atoms with van der Waals surface area (Å²) in [6, 6.07) is 7.60. The van der Waals surface area contributed by atoms with E-state index in [2.05, 4.69) is 15.5 Å². The van der Waals surface area contributed by atoms with Gasteiger partial charge in [0.1, 0.15) is 0 Å². The van der Waals surface area contributed by atoms with E-state index in [4.69, 9.17) is 16.0 Å². The van der Waals surface area contributed by atoms with Crippen molar-refractivity contribution in [1.29, 1.82) is 0 Å². The highest BCUT2D eigenvalue weighted by molar-refractivity contribution is 7.99. The van der Waals surface area contributed by atoms with Gasteiger partial charge in [0.15, 0.2) is 0 Å². The van der Waals surface area contributed by atoms with Gasteiger partial charge >= 0.3 is 0 Å². The summed E-state index contributed by atoms with van der Waals surface area (Å²) in [7, 11) is 0. The summed E-state index contributed by atoms with van der Waals surface area (Å²) in [4.78, 5) is 12.0. The molecule has 0 spiro atoms. The van der Waals surface area contributed by atoms with Gasteiger partial charge in [-0.15, -0.1) is 10.2 Å². The van der Waals surface area contributed by atoms with Crippen LogP contribution >= 0.6 is 23.4 Å². The zero-order valence-corrected chi connectivity index (χ0v) is 14.2. The Morgan fingerprint density at radius 2 is 2.04 bits per heavy atom. The van der Waals surface area contributed by atoms with Gasteiger partial charge in [0.05, 0.1) is 16.3 Å². The third kappa shape index (κ3) is 4.48. The first-order valence-corrected chi connectivity index (χ1v) is 9.09. The number of hydrogen-bond donors (Lipinski definition) is 1. The fourth-order valence-electron chi connectivity index (χ4n) is 2.66. The van der Waals surface area contributed by atoms with Crippen LogP contribution in [0.25, 0.3) is 11.5 Å². The molecule has 3 rings (SSSR count). The van der Waals surface area contributed by atoms with Crippen LogP contribution in [0, 0.1) is 0 Å². The molecule has 5 nitrogen and oxygen atoms in total. The molecule has 2 aromatic rings. The average Bonchev–Trinajstić information content (AvgIpc) is 3.03.